The number of nitrogens with one attached hydrogen (secondary N) is 2. The lowest BCUT2D eigenvalue weighted by atomic mass is 10.2. The van der Waals surface area contributed by atoms with Crippen molar-refractivity contribution in [3.05, 3.63) is 30.3 Å². The highest BCUT2D eigenvalue weighted by atomic mass is 32.1. The van der Waals surface area contributed by atoms with Crippen molar-refractivity contribution < 1.29 is 15.0 Å². The topological polar surface area (TPSA) is 81.6 Å². The molecule has 0 aliphatic rings. The van der Waals surface area contributed by atoms with Crippen molar-refractivity contribution in [2.75, 3.05) is 5.32 Å². The number of carboxylic acid groups (broad SMARTS) is 1. The lowest BCUT2D eigenvalue weighted by molar-refractivity contribution is -0.141. The normalized spacial score (nSPS) is 13.5. The highest BCUT2D eigenvalue weighted by Gasteiger charge is 2.23. The summed E-state index contributed by atoms with van der Waals surface area (Å²) < 4.78 is 0. The molecule has 0 bridgehead atoms. The molecule has 0 aromatic heterocycles. The van der Waals surface area contributed by atoms with Crippen molar-refractivity contribution in [2.24, 2.45) is 0 Å². The van der Waals surface area contributed by atoms with Gasteiger partial charge in [-0.15, -0.1) is 0 Å². The van der Waals surface area contributed by atoms with Crippen molar-refractivity contribution in [1.82, 2.24) is 5.32 Å². The molecule has 0 amide bonds. The number of thiocarbonyl (C=S) groups is 1. The van der Waals surface area contributed by atoms with Crippen LogP contribution in [0, 0.1) is 0 Å². The summed E-state index contributed by atoms with van der Waals surface area (Å²) in [4.78, 5) is 10.8. The summed E-state index contributed by atoms with van der Waals surface area (Å²) >= 11 is 4.95. The smallest absolute Gasteiger partial charge is 0.328 e. The van der Waals surface area contributed by atoms with E-state index in [-0.39, 0.29) is 5.11 Å². The van der Waals surface area contributed by atoms with Gasteiger partial charge in [0.25, 0.3) is 0 Å². The zero-order valence-corrected chi connectivity index (χ0v) is 10.1. The van der Waals surface area contributed by atoms with E-state index in [0.717, 1.165) is 5.69 Å². The number of benzene rings is 1. The van der Waals surface area contributed by atoms with Crippen molar-refractivity contribution in [2.45, 2.75) is 19.1 Å². The van der Waals surface area contributed by atoms with Crippen LogP contribution in [-0.4, -0.2) is 33.4 Å². The fourth-order valence-corrected chi connectivity index (χ4v) is 1.46. The quantitative estimate of drug-likeness (QED) is 0.595. The van der Waals surface area contributed by atoms with Crippen LogP contribution in [0.25, 0.3) is 0 Å². The molecule has 0 aliphatic heterocycles. The van der Waals surface area contributed by atoms with Gasteiger partial charge in [0.05, 0.1) is 6.10 Å². The number of carboxylic acids is 1. The van der Waals surface area contributed by atoms with Gasteiger partial charge in [0, 0.05) is 5.69 Å². The van der Waals surface area contributed by atoms with E-state index in [4.69, 9.17) is 17.3 Å². The first kappa shape index (κ1) is 13.4. The van der Waals surface area contributed by atoms with Gasteiger partial charge in [-0.05, 0) is 31.3 Å². The predicted molar refractivity (Wildman–Crippen MR) is 68.9 cm³/mol. The first-order valence-electron chi connectivity index (χ1n) is 5.04. The Balaban J connectivity index is 2.57. The molecule has 0 heterocycles. The Bertz CT molecular complexity index is 395. The second-order valence-electron chi connectivity index (χ2n) is 3.52. The molecule has 6 heteroatoms. The largest absolute Gasteiger partial charge is 0.480 e. The van der Waals surface area contributed by atoms with Crippen LogP contribution in [0.2, 0.25) is 0 Å². The highest BCUT2D eigenvalue weighted by Crippen LogP contribution is 2.05. The van der Waals surface area contributed by atoms with E-state index in [1.165, 1.54) is 6.92 Å². The van der Waals surface area contributed by atoms with E-state index in [1.54, 1.807) is 12.1 Å². The molecule has 0 saturated heterocycles. The van der Waals surface area contributed by atoms with Gasteiger partial charge in [-0.3, -0.25) is 0 Å². The molecular formula is C11H14N2O3S. The van der Waals surface area contributed by atoms with Gasteiger partial charge < -0.3 is 20.8 Å². The molecule has 1 aromatic carbocycles. The number of aliphatic hydroxyl groups is 1. The summed E-state index contributed by atoms with van der Waals surface area (Å²) in [6.07, 6.45) is -1.04. The van der Waals surface area contributed by atoms with Crippen LogP contribution in [0.3, 0.4) is 0 Å². The van der Waals surface area contributed by atoms with E-state index >= 15 is 0 Å². The van der Waals surface area contributed by atoms with Crippen LogP contribution in [-0.2, 0) is 4.79 Å². The van der Waals surface area contributed by atoms with Gasteiger partial charge in [0.15, 0.2) is 11.2 Å². The zero-order valence-electron chi connectivity index (χ0n) is 9.25. The van der Waals surface area contributed by atoms with Crippen molar-refractivity contribution in [3.63, 3.8) is 0 Å². The minimum Gasteiger partial charge on any atom is -0.480 e. The second-order valence-corrected chi connectivity index (χ2v) is 3.93. The van der Waals surface area contributed by atoms with Gasteiger partial charge >= 0.3 is 5.97 Å². The number of hydrogen-bond donors (Lipinski definition) is 4. The fourth-order valence-electron chi connectivity index (χ4n) is 1.22. The molecule has 0 aliphatic carbocycles. The maximum atomic E-state index is 10.8. The highest BCUT2D eigenvalue weighted by molar-refractivity contribution is 7.80. The molecule has 0 radical (unpaired) electrons. The molecule has 17 heavy (non-hydrogen) atoms. The summed E-state index contributed by atoms with van der Waals surface area (Å²) in [5, 5.41) is 23.6. The standard InChI is InChI=1S/C11H14N2O3S/c1-7(14)9(10(15)16)13-11(17)12-8-5-3-2-4-6-8/h2-7,9,14H,1H3,(H,15,16)(H2,12,13,17)/t7-,9+/m1/s1. The lowest BCUT2D eigenvalue weighted by Gasteiger charge is -2.19. The van der Waals surface area contributed by atoms with E-state index in [0.29, 0.717) is 0 Å². The van der Waals surface area contributed by atoms with E-state index in [2.05, 4.69) is 10.6 Å². The second kappa shape index (κ2) is 6.17. The zero-order chi connectivity index (χ0) is 12.8. The van der Waals surface area contributed by atoms with Crippen LogP contribution in [0.1, 0.15) is 6.92 Å². The molecule has 1 rings (SSSR count). The molecule has 2 atom stereocenters. The van der Waals surface area contributed by atoms with Crippen LogP contribution >= 0.6 is 12.2 Å². The maximum Gasteiger partial charge on any atom is 0.328 e. The van der Waals surface area contributed by atoms with Gasteiger partial charge in [-0.1, -0.05) is 18.2 Å². The molecule has 4 N–H and O–H groups in total. The number of aliphatic hydroxyl groups excluding tert-OH is 1. The number of para-hydroxylation sites is 1. The van der Waals surface area contributed by atoms with Crippen LogP contribution in [0.4, 0.5) is 5.69 Å². The van der Waals surface area contributed by atoms with E-state index in [1.807, 2.05) is 18.2 Å². The average molecular weight is 254 g/mol. The number of hydrogen-bond acceptors (Lipinski definition) is 3. The maximum absolute atomic E-state index is 10.8. The predicted octanol–water partition coefficient (Wildman–Crippen LogP) is 0.807. The Morgan fingerprint density at radius 2 is 1.94 bits per heavy atom. The first-order chi connectivity index (χ1) is 8.00. The summed E-state index contributed by atoms with van der Waals surface area (Å²) in [5.41, 5.74) is 0.750. The summed E-state index contributed by atoms with van der Waals surface area (Å²) in [6, 6.07) is 7.98. The Hall–Kier alpha value is -1.66. The number of anilines is 1. The van der Waals surface area contributed by atoms with Gasteiger partial charge in [0.1, 0.15) is 0 Å². The summed E-state index contributed by atoms with van der Waals surface area (Å²) in [6.45, 7) is 1.39. The Morgan fingerprint density at radius 1 is 1.35 bits per heavy atom. The molecule has 0 unspecified atom stereocenters. The van der Waals surface area contributed by atoms with Crippen molar-refractivity contribution in [3.8, 4) is 0 Å². The molecule has 92 valence electrons. The molecule has 1 aromatic rings. The van der Waals surface area contributed by atoms with Gasteiger partial charge in [-0.25, -0.2) is 4.79 Å². The Kier molecular flexibility index (Phi) is 4.86. The molecule has 0 spiro atoms. The number of carbonyl (C=O) groups is 1. The molecule has 5 nitrogen and oxygen atoms in total. The summed E-state index contributed by atoms with van der Waals surface area (Å²) in [5.74, 6) is -1.16. The van der Waals surface area contributed by atoms with Gasteiger partial charge in [-0.2, -0.15) is 0 Å². The minimum absolute atomic E-state index is 0.157. The van der Waals surface area contributed by atoms with Crippen molar-refractivity contribution >= 4 is 29.0 Å². The molecule has 0 saturated carbocycles. The summed E-state index contributed by atoms with van der Waals surface area (Å²) in [7, 11) is 0. The van der Waals surface area contributed by atoms with Crippen LogP contribution < -0.4 is 10.6 Å². The Morgan fingerprint density at radius 3 is 2.41 bits per heavy atom. The third kappa shape index (κ3) is 4.38. The minimum atomic E-state index is -1.16. The van der Waals surface area contributed by atoms with Crippen LogP contribution in [0.15, 0.2) is 30.3 Å². The number of aliphatic carboxylic acids is 1. The molecular weight excluding hydrogens is 240 g/mol. The third-order valence-electron chi connectivity index (χ3n) is 2.07. The van der Waals surface area contributed by atoms with Gasteiger partial charge in [0.2, 0.25) is 0 Å². The van der Waals surface area contributed by atoms with E-state index < -0.39 is 18.1 Å². The molecule has 0 fully saturated rings. The van der Waals surface area contributed by atoms with E-state index in [9.17, 15) is 9.90 Å². The Labute approximate surface area is 104 Å². The first-order valence-corrected chi connectivity index (χ1v) is 5.45. The van der Waals surface area contributed by atoms with Crippen molar-refractivity contribution in [1.29, 1.82) is 0 Å². The van der Waals surface area contributed by atoms with Crippen LogP contribution in [0.5, 0.6) is 0 Å². The SMILES string of the molecule is C[C@@H](O)[C@H](NC(=S)Nc1ccccc1)C(=O)O. The average Bonchev–Trinajstić information content (AvgIpc) is 2.26. The number of rotatable bonds is 4. The fraction of sp³-hybridized carbons (Fsp3) is 0.273. The lowest BCUT2D eigenvalue weighted by Crippen LogP contribution is -2.49. The monoisotopic (exact) mass is 254 g/mol. The third-order valence-corrected chi connectivity index (χ3v) is 2.29.